The highest BCUT2D eigenvalue weighted by atomic mass is 15.0. The van der Waals surface area contributed by atoms with Crippen molar-refractivity contribution in [2.45, 2.75) is 19.3 Å². The van der Waals surface area contributed by atoms with Crippen molar-refractivity contribution in [3.05, 3.63) is 205 Å². The van der Waals surface area contributed by atoms with E-state index in [1.165, 1.54) is 65.9 Å². The van der Waals surface area contributed by atoms with Gasteiger partial charge in [-0.15, -0.1) is 0 Å². The zero-order chi connectivity index (χ0) is 39.2. The number of para-hydroxylation sites is 3. The third-order valence-corrected chi connectivity index (χ3v) is 12.5. The number of rotatable bonds is 5. The first-order chi connectivity index (χ1) is 29.0. The van der Waals surface area contributed by atoms with Crippen LogP contribution in [0.1, 0.15) is 25.0 Å². The molecule has 0 amide bonds. The predicted octanol–water partition coefficient (Wildman–Crippen LogP) is 14.0. The summed E-state index contributed by atoms with van der Waals surface area (Å²) in [5, 5.41) is 5.08. The van der Waals surface area contributed by atoms with Crippen molar-refractivity contribution < 1.29 is 0 Å². The number of hydrogen-bond acceptors (Lipinski definition) is 2. The molecule has 0 N–H and O–H groups in total. The van der Waals surface area contributed by atoms with Crippen LogP contribution in [0.4, 0.5) is 0 Å². The Bertz CT molecular complexity index is 3390. The van der Waals surface area contributed by atoms with E-state index >= 15 is 0 Å². The molecular weight excluding hydrogens is 717 g/mol. The summed E-state index contributed by atoms with van der Waals surface area (Å²) in [5.41, 5.74) is 17.0. The van der Waals surface area contributed by atoms with E-state index in [1.54, 1.807) is 0 Å². The number of benzene rings is 8. The summed E-state index contributed by atoms with van der Waals surface area (Å²) in [4.78, 5) is 10.3. The van der Waals surface area contributed by atoms with Gasteiger partial charge >= 0.3 is 0 Å². The Morgan fingerprint density at radius 3 is 1.42 bits per heavy atom. The molecule has 3 aromatic heterocycles. The molecule has 12 rings (SSSR count). The first-order valence-corrected chi connectivity index (χ1v) is 20.3. The van der Waals surface area contributed by atoms with Crippen molar-refractivity contribution in [1.82, 2.24) is 19.1 Å². The molecule has 1 aliphatic rings. The second-order valence-corrected chi connectivity index (χ2v) is 16.2. The van der Waals surface area contributed by atoms with Crippen LogP contribution in [0.3, 0.4) is 0 Å². The van der Waals surface area contributed by atoms with Gasteiger partial charge in [0.1, 0.15) is 0 Å². The molecule has 59 heavy (non-hydrogen) atoms. The fourth-order valence-corrected chi connectivity index (χ4v) is 9.75. The lowest BCUT2D eigenvalue weighted by Gasteiger charge is -2.23. The van der Waals surface area contributed by atoms with Gasteiger partial charge in [-0.2, -0.15) is 0 Å². The van der Waals surface area contributed by atoms with Gasteiger partial charge in [-0.05, 0) is 82.9 Å². The van der Waals surface area contributed by atoms with Crippen LogP contribution in [0.5, 0.6) is 0 Å². The number of hydrogen-bond donors (Lipinski definition) is 0. The Labute approximate surface area is 342 Å². The molecule has 8 aromatic carbocycles. The second kappa shape index (κ2) is 12.7. The summed E-state index contributed by atoms with van der Waals surface area (Å²) in [6.07, 6.45) is 0. The third kappa shape index (κ3) is 5.03. The van der Waals surface area contributed by atoms with Crippen molar-refractivity contribution in [3.63, 3.8) is 0 Å². The van der Waals surface area contributed by atoms with Crippen LogP contribution >= 0.6 is 0 Å². The maximum atomic E-state index is 5.17. The lowest BCUT2D eigenvalue weighted by molar-refractivity contribution is 0.660. The largest absolute Gasteiger partial charge is 0.309 e. The molecule has 0 bridgehead atoms. The lowest BCUT2D eigenvalue weighted by Crippen LogP contribution is -2.15. The summed E-state index contributed by atoms with van der Waals surface area (Å²) in [6, 6.07) is 69.8. The molecular formula is C55H38N4. The van der Waals surface area contributed by atoms with E-state index in [9.17, 15) is 0 Å². The molecule has 0 atom stereocenters. The summed E-state index contributed by atoms with van der Waals surface area (Å²) in [5.74, 6) is 0.727. The average Bonchev–Trinajstić information content (AvgIpc) is 3.89. The van der Waals surface area contributed by atoms with Gasteiger partial charge in [-0.1, -0.05) is 147 Å². The van der Waals surface area contributed by atoms with Crippen LogP contribution in [-0.2, 0) is 5.41 Å². The Morgan fingerprint density at radius 1 is 0.373 bits per heavy atom. The van der Waals surface area contributed by atoms with Crippen molar-refractivity contribution in [2.75, 3.05) is 0 Å². The summed E-state index contributed by atoms with van der Waals surface area (Å²) < 4.78 is 4.88. The van der Waals surface area contributed by atoms with Gasteiger partial charge in [0.05, 0.1) is 33.5 Å². The van der Waals surface area contributed by atoms with E-state index < -0.39 is 0 Å². The van der Waals surface area contributed by atoms with Gasteiger partial charge in [0.2, 0.25) is 0 Å². The quantitative estimate of drug-likeness (QED) is 0.175. The molecule has 4 nitrogen and oxygen atoms in total. The second-order valence-electron chi connectivity index (χ2n) is 16.2. The normalized spacial score (nSPS) is 13.1. The number of aromatic nitrogens is 4. The maximum Gasteiger partial charge on any atom is 0.160 e. The Morgan fingerprint density at radius 2 is 0.847 bits per heavy atom. The van der Waals surface area contributed by atoms with Crippen LogP contribution in [0.15, 0.2) is 194 Å². The van der Waals surface area contributed by atoms with Crippen LogP contribution in [0.25, 0.3) is 100 Å². The van der Waals surface area contributed by atoms with Crippen molar-refractivity contribution in [1.29, 1.82) is 0 Å². The molecule has 0 saturated carbocycles. The zero-order valence-electron chi connectivity index (χ0n) is 32.8. The number of nitrogens with zero attached hydrogens (tertiary/aromatic N) is 4. The fourth-order valence-electron chi connectivity index (χ4n) is 9.75. The Balaban J connectivity index is 1.02. The van der Waals surface area contributed by atoms with E-state index in [-0.39, 0.29) is 5.41 Å². The monoisotopic (exact) mass is 754 g/mol. The van der Waals surface area contributed by atoms with Crippen molar-refractivity contribution in [3.8, 4) is 56.4 Å². The average molecular weight is 755 g/mol. The van der Waals surface area contributed by atoms with Crippen molar-refractivity contribution in [2.24, 2.45) is 0 Å². The fraction of sp³-hybridized carbons (Fsp3) is 0.0545. The van der Waals surface area contributed by atoms with E-state index in [2.05, 4.69) is 205 Å². The van der Waals surface area contributed by atoms with Gasteiger partial charge in [0.25, 0.3) is 0 Å². The summed E-state index contributed by atoms with van der Waals surface area (Å²) >= 11 is 0. The Hall–Kier alpha value is -7.56. The van der Waals surface area contributed by atoms with Gasteiger partial charge in [-0.3, -0.25) is 0 Å². The van der Waals surface area contributed by atoms with Crippen LogP contribution < -0.4 is 0 Å². The molecule has 278 valence electrons. The topological polar surface area (TPSA) is 35.6 Å². The maximum absolute atomic E-state index is 5.17. The van der Waals surface area contributed by atoms with E-state index in [1.807, 2.05) is 12.1 Å². The predicted molar refractivity (Wildman–Crippen MR) is 245 cm³/mol. The molecule has 0 aliphatic heterocycles. The minimum absolute atomic E-state index is 0.259. The molecule has 0 spiro atoms. The standard InChI is InChI=1S/C55H38N4/c1-55(2)44-32-37(54-56-46(35-16-6-3-7-17-35)34-47(57-54)36-18-8-4-9-19-36)26-28-40(44)41-29-27-39(33-45(41)55)59-49-25-15-13-23-43(49)53-51(59)31-30-50-52(53)42-22-12-14-24-48(42)58(50)38-20-10-5-11-21-38/h3-34H,1-2H3. The minimum Gasteiger partial charge on any atom is -0.309 e. The van der Waals surface area contributed by atoms with Gasteiger partial charge in [-0.25, -0.2) is 9.97 Å². The first kappa shape index (κ1) is 33.6. The highest BCUT2D eigenvalue weighted by Gasteiger charge is 2.36. The third-order valence-electron chi connectivity index (χ3n) is 12.5. The minimum atomic E-state index is -0.259. The van der Waals surface area contributed by atoms with E-state index in [4.69, 9.17) is 9.97 Å². The van der Waals surface area contributed by atoms with Gasteiger partial charge in [0.15, 0.2) is 5.82 Å². The molecule has 3 heterocycles. The van der Waals surface area contributed by atoms with Crippen LogP contribution in [0, 0.1) is 0 Å². The van der Waals surface area contributed by atoms with Crippen LogP contribution in [-0.4, -0.2) is 19.1 Å². The molecule has 0 radical (unpaired) electrons. The van der Waals surface area contributed by atoms with E-state index in [0.717, 1.165) is 45.3 Å². The van der Waals surface area contributed by atoms with Crippen molar-refractivity contribution >= 4 is 43.6 Å². The highest BCUT2D eigenvalue weighted by Crippen LogP contribution is 2.51. The van der Waals surface area contributed by atoms with Gasteiger partial charge in [0, 0.05) is 55.0 Å². The molecule has 0 saturated heterocycles. The highest BCUT2D eigenvalue weighted by molar-refractivity contribution is 6.28. The molecule has 4 heteroatoms. The molecule has 0 unspecified atom stereocenters. The molecule has 11 aromatic rings. The van der Waals surface area contributed by atoms with Gasteiger partial charge < -0.3 is 9.13 Å². The Kier molecular flexibility index (Phi) is 7.24. The smallest absolute Gasteiger partial charge is 0.160 e. The molecule has 1 aliphatic carbocycles. The first-order valence-electron chi connectivity index (χ1n) is 20.3. The van der Waals surface area contributed by atoms with Crippen LogP contribution in [0.2, 0.25) is 0 Å². The summed E-state index contributed by atoms with van der Waals surface area (Å²) in [6.45, 7) is 4.71. The molecule has 0 fully saturated rings. The van der Waals surface area contributed by atoms with E-state index in [0.29, 0.717) is 0 Å². The summed E-state index contributed by atoms with van der Waals surface area (Å²) in [7, 11) is 0. The number of fused-ring (bicyclic) bond motifs is 10. The SMILES string of the molecule is CC1(C)c2cc(-c3nc(-c4ccccc4)cc(-c4ccccc4)n3)ccc2-c2ccc(-n3c4ccccc4c4c5c6ccccc6n(-c6ccccc6)c5ccc43)cc21. The zero-order valence-corrected chi connectivity index (χ0v) is 32.8. The lowest BCUT2D eigenvalue weighted by atomic mass is 9.81.